The third kappa shape index (κ3) is 3.38. The highest BCUT2D eigenvalue weighted by Gasteiger charge is 2.24. The van der Waals surface area contributed by atoms with E-state index in [9.17, 15) is 4.79 Å². The van der Waals surface area contributed by atoms with Gasteiger partial charge in [0.15, 0.2) is 5.78 Å². The van der Waals surface area contributed by atoms with Crippen molar-refractivity contribution in [3.63, 3.8) is 0 Å². The van der Waals surface area contributed by atoms with E-state index in [4.69, 9.17) is 4.74 Å². The number of hydrogen-bond donors (Lipinski definition) is 1. The van der Waals surface area contributed by atoms with Crippen molar-refractivity contribution in [1.29, 1.82) is 0 Å². The predicted octanol–water partition coefficient (Wildman–Crippen LogP) is 2.08. The highest BCUT2D eigenvalue weighted by Crippen LogP contribution is 2.23. The van der Waals surface area contributed by atoms with Crippen molar-refractivity contribution in [1.82, 2.24) is 10.2 Å². The Kier molecular flexibility index (Phi) is 5.15. The third-order valence-corrected chi connectivity index (χ3v) is 3.85. The molecule has 4 heteroatoms. The maximum Gasteiger partial charge on any atom is 0.159 e. The summed E-state index contributed by atoms with van der Waals surface area (Å²) in [6, 6.07) is 6.30. The first-order valence-electron chi connectivity index (χ1n) is 7.28. The summed E-state index contributed by atoms with van der Waals surface area (Å²) in [6.07, 6.45) is 1.13. The van der Waals surface area contributed by atoms with Gasteiger partial charge < -0.3 is 10.1 Å². The van der Waals surface area contributed by atoms with Crippen LogP contribution in [0.2, 0.25) is 0 Å². The van der Waals surface area contributed by atoms with Gasteiger partial charge in [-0.2, -0.15) is 0 Å². The number of nitrogens with one attached hydrogen (secondary N) is 1. The molecule has 0 saturated carbocycles. The van der Waals surface area contributed by atoms with E-state index < -0.39 is 0 Å². The highest BCUT2D eigenvalue weighted by atomic mass is 16.5. The molecular formula is C16H24N2O2. The van der Waals surface area contributed by atoms with E-state index in [0.29, 0.717) is 6.04 Å². The molecule has 0 spiro atoms. The van der Waals surface area contributed by atoms with Crippen LogP contribution >= 0.6 is 0 Å². The zero-order valence-corrected chi connectivity index (χ0v) is 12.6. The van der Waals surface area contributed by atoms with Gasteiger partial charge in [-0.15, -0.1) is 0 Å². The molecule has 1 aromatic carbocycles. The van der Waals surface area contributed by atoms with E-state index in [1.54, 1.807) is 14.0 Å². The lowest BCUT2D eigenvalue weighted by Crippen LogP contribution is -2.57. The van der Waals surface area contributed by atoms with Crippen LogP contribution in [0.1, 0.15) is 36.2 Å². The molecule has 0 unspecified atom stereocenters. The van der Waals surface area contributed by atoms with Gasteiger partial charge in [-0.05, 0) is 38.1 Å². The van der Waals surface area contributed by atoms with Crippen LogP contribution in [0.4, 0.5) is 0 Å². The average molecular weight is 276 g/mol. The summed E-state index contributed by atoms with van der Waals surface area (Å²) in [7, 11) is 1.68. The fourth-order valence-corrected chi connectivity index (χ4v) is 2.55. The number of ketones is 1. The minimum atomic E-state index is 0.0984. The number of methoxy groups -OCH3 is 1. The van der Waals surface area contributed by atoms with E-state index in [-0.39, 0.29) is 5.78 Å². The monoisotopic (exact) mass is 276 g/mol. The summed E-state index contributed by atoms with van der Waals surface area (Å²) in [5, 5.41) is 3.32. The van der Waals surface area contributed by atoms with Gasteiger partial charge in [0.1, 0.15) is 5.75 Å². The van der Waals surface area contributed by atoms with Crippen LogP contribution in [0.5, 0.6) is 5.75 Å². The van der Waals surface area contributed by atoms with Crippen LogP contribution in [0.25, 0.3) is 0 Å². The van der Waals surface area contributed by atoms with Crippen LogP contribution < -0.4 is 10.1 Å². The second-order valence-corrected chi connectivity index (χ2v) is 5.37. The standard InChI is InChI=1S/C16H24N2O2/c1-4-7-18(15-9-17-10-15)11-14-8-13(12(2)19)5-6-16(14)20-3/h5-6,8,15,17H,4,7,9-11H2,1-3H3. The van der Waals surface area contributed by atoms with Crippen LogP contribution in [0, 0.1) is 0 Å². The lowest BCUT2D eigenvalue weighted by molar-refractivity contribution is 0.101. The number of rotatable bonds is 7. The molecule has 1 aliphatic heterocycles. The molecule has 0 atom stereocenters. The van der Waals surface area contributed by atoms with Crippen LogP contribution in [-0.2, 0) is 6.54 Å². The first-order chi connectivity index (χ1) is 9.65. The molecule has 1 N–H and O–H groups in total. The molecule has 0 aliphatic carbocycles. The zero-order chi connectivity index (χ0) is 14.5. The number of carbonyl (C=O) groups excluding carboxylic acids is 1. The van der Waals surface area contributed by atoms with Crippen molar-refractivity contribution in [3.05, 3.63) is 29.3 Å². The number of benzene rings is 1. The van der Waals surface area contributed by atoms with Crippen molar-refractivity contribution < 1.29 is 9.53 Å². The summed E-state index contributed by atoms with van der Waals surface area (Å²) in [5.74, 6) is 0.963. The van der Waals surface area contributed by atoms with Crippen LogP contribution in [0.3, 0.4) is 0 Å². The summed E-state index contributed by atoms with van der Waals surface area (Å²) >= 11 is 0. The molecule has 0 aromatic heterocycles. The molecule has 2 rings (SSSR count). The lowest BCUT2D eigenvalue weighted by atomic mass is 10.0. The molecule has 110 valence electrons. The largest absolute Gasteiger partial charge is 0.496 e. The molecule has 1 aliphatic rings. The van der Waals surface area contributed by atoms with E-state index in [1.165, 1.54) is 0 Å². The smallest absolute Gasteiger partial charge is 0.159 e. The van der Waals surface area contributed by atoms with Crippen molar-refractivity contribution in [2.75, 3.05) is 26.7 Å². The third-order valence-electron chi connectivity index (χ3n) is 3.85. The van der Waals surface area contributed by atoms with Crippen molar-refractivity contribution >= 4 is 5.78 Å². The quantitative estimate of drug-likeness (QED) is 0.774. The normalized spacial score (nSPS) is 15.2. The summed E-state index contributed by atoms with van der Waals surface area (Å²) in [4.78, 5) is 14.0. The molecule has 4 nitrogen and oxygen atoms in total. The van der Waals surface area contributed by atoms with Gasteiger partial charge in [-0.3, -0.25) is 9.69 Å². The summed E-state index contributed by atoms with van der Waals surface area (Å²) in [6.45, 7) is 7.81. The van der Waals surface area contributed by atoms with Gasteiger partial charge in [-0.1, -0.05) is 6.92 Å². The molecule has 0 amide bonds. The Bertz CT molecular complexity index is 470. The molecule has 20 heavy (non-hydrogen) atoms. The molecule has 1 saturated heterocycles. The topological polar surface area (TPSA) is 41.6 Å². The number of hydrogen-bond acceptors (Lipinski definition) is 4. The van der Waals surface area contributed by atoms with Crippen molar-refractivity contribution in [2.24, 2.45) is 0 Å². The van der Waals surface area contributed by atoms with E-state index in [2.05, 4.69) is 17.1 Å². The van der Waals surface area contributed by atoms with E-state index in [1.807, 2.05) is 18.2 Å². The molecule has 1 fully saturated rings. The molecule has 1 heterocycles. The maximum absolute atomic E-state index is 11.5. The number of nitrogens with zero attached hydrogens (tertiary/aromatic N) is 1. The molecular weight excluding hydrogens is 252 g/mol. The Morgan fingerprint density at radius 1 is 1.45 bits per heavy atom. The van der Waals surface area contributed by atoms with Crippen molar-refractivity contribution in [3.8, 4) is 5.75 Å². The fraction of sp³-hybridized carbons (Fsp3) is 0.562. The fourth-order valence-electron chi connectivity index (χ4n) is 2.55. The molecule has 0 radical (unpaired) electrons. The minimum Gasteiger partial charge on any atom is -0.496 e. The Hall–Kier alpha value is -1.39. The Morgan fingerprint density at radius 2 is 2.20 bits per heavy atom. The van der Waals surface area contributed by atoms with E-state index in [0.717, 1.165) is 49.5 Å². The Balaban J connectivity index is 2.19. The summed E-state index contributed by atoms with van der Waals surface area (Å²) in [5.41, 5.74) is 1.85. The predicted molar refractivity (Wildman–Crippen MR) is 80.4 cm³/mol. The Morgan fingerprint density at radius 3 is 2.70 bits per heavy atom. The van der Waals surface area contributed by atoms with Gasteiger partial charge in [0.2, 0.25) is 0 Å². The number of Topliss-reactive ketones (excluding diaryl/α,β-unsaturated/α-hetero) is 1. The van der Waals surface area contributed by atoms with Crippen LogP contribution in [0.15, 0.2) is 18.2 Å². The molecule has 0 bridgehead atoms. The van der Waals surface area contributed by atoms with Crippen LogP contribution in [-0.4, -0.2) is 43.5 Å². The van der Waals surface area contributed by atoms with Gasteiger partial charge in [-0.25, -0.2) is 0 Å². The lowest BCUT2D eigenvalue weighted by Gasteiger charge is -2.38. The first-order valence-corrected chi connectivity index (χ1v) is 7.28. The van der Waals surface area contributed by atoms with Gasteiger partial charge in [0, 0.05) is 36.8 Å². The highest BCUT2D eigenvalue weighted by molar-refractivity contribution is 5.94. The zero-order valence-electron chi connectivity index (χ0n) is 12.6. The maximum atomic E-state index is 11.5. The second kappa shape index (κ2) is 6.86. The first kappa shape index (κ1) is 15.0. The summed E-state index contributed by atoms with van der Waals surface area (Å²) < 4.78 is 5.44. The minimum absolute atomic E-state index is 0.0984. The Labute approximate surface area is 121 Å². The molecule has 1 aromatic rings. The van der Waals surface area contributed by atoms with Gasteiger partial charge >= 0.3 is 0 Å². The second-order valence-electron chi connectivity index (χ2n) is 5.37. The average Bonchev–Trinajstić information content (AvgIpc) is 2.36. The van der Waals surface area contributed by atoms with Gasteiger partial charge in [0.25, 0.3) is 0 Å². The number of carbonyl (C=O) groups is 1. The number of ether oxygens (including phenoxy) is 1. The van der Waals surface area contributed by atoms with Crippen molar-refractivity contribution in [2.45, 2.75) is 32.9 Å². The van der Waals surface area contributed by atoms with Gasteiger partial charge in [0.05, 0.1) is 7.11 Å². The SMILES string of the molecule is CCCN(Cc1cc(C(C)=O)ccc1OC)C1CNC1. The van der Waals surface area contributed by atoms with E-state index >= 15 is 0 Å².